The molecule has 0 N–H and O–H groups in total. The largest absolute Gasteiger partial charge is 0.370 e. The summed E-state index contributed by atoms with van der Waals surface area (Å²) in [6, 6.07) is 6.42. The quantitative estimate of drug-likeness (QED) is 0.401. The van der Waals surface area contributed by atoms with Crippen LogP contribution < -0.4 is 10.5 Å². The van der Waals surface area contributed by atoms with Crippen molar-refractivity contribution in [1.29, 1.82) is 0 Å². The number of aromatic nitrogens is 5. The van der Waals surface area contributed by atoms with Crippen LogP contribution in [0.15, 0.2) is 41.5 Å². The third-order valence-electron chi connectivity index (χ3n) is 7.16. The second-order valence-electron chi connectivity index (χ2n) is 9.52. The standard InChI is InChI=1S/C26H26ClFN6O2/c1-15-30-25-20(26(35)34(15)18-4-3-5-18)11-23(31-24(25)19-7-6-17(27)10-21(19)28)33-8-9-36-22(14-33)16-12-29-32(2)13-16/h6-7,10-13,18,22H,3-5,8-9,14H2,1-2H3/t22-/m0/s1. The fourth-order valence-electron chi connectivity index (χ4n) is 5.07. The van der Waals surface area contributed by atoms with Gasteiger partial charge in [0, 0.05) is 48.5 Å². The average Bonchev–Trinajstić information content (AvgIpc) is 3.27. The van der Waals surface area contributed by atoms with Gasteiger partial charge in [0.1, 0.15) is 34.8 Å². The molecule has 2 aliphatic rings. The number of pyridine rings is 1. The molecule has 10 heteroatoms. The van der Waals surface area contributed by atoms with Gasteiger partial charge in [0.05, 0.1) is 18.2 Å². The van der Waals surface area contributed by atoms with Crippen LogP contribution in [0.4, 0.5) is 10.2 Å². The van der Waals surface area contributed by atoms with Gasteiger partial charge < -0.3 is 9.64 Å². The molecular weight excluding hydrogens is 483 g/mol. The molecule has 1 saturated heterocycles. The van der Waals surface area contributed by atoms with E-state index < -0.39 is 5.82 Å². The first-order valence-electron chi connectivity index (χ1n) is 12.1. The van der Waals surface area contributed by atoms with E-state index in [2.05, 4.69) is 10.00 Å². The van der Waals surface area contributed by atoms with Crippen molar-refractivity contribution < 1.29 is 9.13 Å². The van der Waals surface area contributed by atoms with E-state index in [1.165, 1.54) is 6.07 Å². The van der Waals surface area contributed by atoms with E-state index in [0.717, 1.165) is 24.8 Å². The summed E-state index contributed by atoms with van der Waals surface area (Å²) in [4.78, 5) is 25.5. The number of fused-ring (bicyclic) bond motifs is 1. The van der Waals surface area contributed by atoms with Crippen LogP contribution in [0.2, 0.25) is 5.02 Å². The highest BCUT2D eigenvalue weighted by molar-refractivity contribution is 6.30. The average molecular weight is 509 g/mol. The molecular formula is C26H26ClFN6O2. The van der Waals surface area contributed by atoms with E-state index in [1.807, 2.05) is 20.2 Å². The van der Waals surface area contributed by atoms with Gasteiger partial charge in [-0.1, -0.05) is 11.6 Å². The first-order valence-corrected chi connectivity index (χ1v) is 12.5. The smallest absolute Gasteiger partial charge is 0.261 e. The summed E-state index contributed by atoms with van der Waals surface area (Å²) in [5.74, 6) is 0.698. The predicted octanol–water partition coefficient (Wildman–Crippen LogP) is 4.60. The topological polar surface area (TPSA) is 78.1 Å². The summed E-state index contributed by atoms with van der Waals surface area (Å²) >= 11 is 6.02. The zero-order chi connectivity index (χ0) is 25.0. The van der Waals surface area contributed by atoms with Gasteiger partial charge in [0.2, 0.25) is 0 Å². The van der Waals surface area contributed by atoms with Crippen LogP contribution in [0.3, 0.4) is 0 Å². The molecule has 8 nitrogen and oxygen atoms in total. The van der Waals surface area contributed by atoms with Crippen LogP contribution in [0.5, 0.6) is 0 Å². The monoisotopic (exact) mass is 508 g/mol. The van der Waals surface area contributed by atoms with Crippen molar-refractivity contribution in [2.24, 2.45) is 7.05 Å². The van der Waals surface area contributed by atoms with Crippen LogP contribution in [0, 0.1) is 12.7 Å². The van der Waals surface area contributed by atoms with Crippen LogP contribution >= 0.6 is 11.6 Å². The zero-order valence-electron chi connectivity index (χ0n) is 20.1. The number of rotatable bonds is 4. The lowest BCUT2D eigenvalue weighted by molar-refractivity contribution is 0.0395. The molecule has 3 aromatic heterocycles. The van der Waals surface area contributed by atoms with Crippen molar-refractivity contribution in [2.75, 3.05) is 24.6 Å². The fraction of sp³-hybridized carbons (Fsp3) is 0.385. The summed E-state index contributed by atoms with van der Waals surface area (Å²) in [6.07, 6.45) is 6.55. The third kappa shape index (κ3) is 3.96. The maximum atomic E-state index is 15.1. The normalized spacial score (nSPS) is 18.6. The van der Waals surface area contributed by atoms with Gasteiger partial charge in [0.15, 0.2) is 0 Å². The Morgan fingerprint density at radius 1 is 1.19 bits per heavy atom. The van der Waals surface area contributed by atoms with Crippen molar-refractivity contribution >= 4 is 28.3 Å². The van der Waals surface area contributed by atoms with E-state index in [0.29, 0.717) is 53.0 Å². The summed E-state index contributed by atoms with van der Waals surface area (Å²) in [7, 11) is 1.87. The second-order valence-corrected chi connectivity index (χ2v) is 9.96. The van der Waals surface area contributed by atoms with Gasteiger partial charge in [-0.2, -0.15) is 5.10 Å². The zero-order valence-corrected chi connectivity index (χ0v) is 20.9. The molecule has 0 unspecified atom stereocenters. The molecule has 186 valence electrons. The molecule has 6 rings (SSSR count). The van der Waals surface area contributed by atoms with E-state index in [9.17, 15) is 4.79 Å². The Bertz CT molecular complexity index is 1530. The van der Waals surface area contributed by atoms with Crippen molar-refractivity contribution in [3.8, 4) is 11.3 Å². The number of morpholine rings is 1. The van der Waals surface area contributed by atoms with E-state index in [-0.39, 0.29) is 23.3 Å². The number of ether oxygens (including phenoxy) is 1. The lowest BCUT2D eigenvalue weighted by Crippen LogP contribution is -2.39. The summed E-state index contributed by atoms with van der Waals surface area (Å²) in [5.41, 5.74) is 1.85. The number of hydrogen-bond acceptors (Lipinski definition) is 6. The Kier molecular flexibility index (Phi) is 5.76. The molecule has 0 spiro atoms. The molecule has 36 heavy (non-hydrogen) atoms. The number of hydrogen-bond donors (Lipinski definition) is 0. The number of anilines is 1. The van der Waals surface area contributed by atoms with Crippen LogP contribution in [0.25, 0.3) is 22.2 Å². The Labute approximate surface area is 212 Å². The molecule has 0 amide bonds. The van der Waals surface area contributed by atoms with Gasteiger partial charge in [-0.25, -0.2) is 14.4 Å². The Hall–Kier alpha value is -3.30. The summed E-state index contributed by atoms with van der Waals surface area (Å²) in [5, 5.41) is 4.99. The minimum Gasteiger partial charge on any atom is -0.370 e. The maximum absolute atomic E-state index is 15.1. The number of halogens is 2. The highest BCUT2D eigenvalue weighted by Crippen LogP contribution is 2.35. The molecule has 1 aliphatic carbocycles. The Morgan fingerprint density at radius 2 is 2.03 bits per heavy atom. The molecule has 1 saturated carbocycles. The lowest BCUT2D eigenvalue weighted by atomic mass is 9.92. The number of aryl methyl sites for hydroxylation is 2. The van der Waals surface area contributed by atoms with Crippen molar-refractivity contribution in [1.82, 2.24) is 24.3 Å². The highest BCUT2D eigenvalue weighted by atomic mass is 35.5. The van der Waals surface area contributed by atoms with Crippen molar-refractivity contribution in [3.63, 3.8) is 0 Å². The molecule has 1 atom stereocenters. The minimum atomic E-state index is -0.508. The lowest BCUT2D eigenvalue weighted by Gasteiger charge is -2.34. The molecule has 4 heterocycles. The summed E-state index contributed by atoms with van der Waals surface area (Å²) in [6.45, 7) is 3.44. The molecule has 0 radical (unpaired) electrons. The molecule has 2 fully saturated rings. The van der Waals surface area contributed by atoms with Gasteiger partial charge in [-0.05, 0) is 50.5 Å². The molecule has 1 aliphatic heterocycles. The van der Waals surface area contributed by atoms with Crippen LogP contribution in [-0.2, 0) is 11.8 Å². The third-order valence-corrected chi connectivity index (χ3v) is 7.40. The van der Waals surface area contributed by atoms with Crippen molar-refractivity contribution in [2.45, 2.75) is 38.3 Å². The summed E-state index contributed by atoms with van der Waals surface area (Å²) < 4.78 is 24.6. The predicted molar refractivity (Wildman–Crippen MR) is 136 cm³/mol. The number of nitrogens with zero attached hydrogens (tertiary/aromatic N) is 6. The van der Waals surface area contributed by atoms with Crippen molar-refractivity contribution in [3.05, 3.63) is 69.2 Å². The van der Waals surface area contributed by atoms with Gasteiger partial charge in [0.25, 0.3) is 5.56 Å². The van der Waals surface area contributed by atoms with Gasteiger partial charge >= 0.3 is 0 Å². The van der Waals surface area contributed by atoms with Gasteiger partial charge in [-0.15, -0.1) is 0 Å². The highest BCUT2D eigenvalue weighted by Gasteiger charge is 2.28. The molecule has 0 bridgehead atoms. The van der Waals surface area contributed by atoms with Gasteiger partial charge in [-0.3, -0.25) is 14.0 Å². The maximum Gasteiger partial charge on any atom is 0.261 e. The molecule has 1 aromatic carbocycles. The Balaban J connectivity index is 1.52. The van der Waals surface area contributed by atoms with Crippen LogP contribution in [-0.4, -0.2) is 44.0 Å². The Morgan fingerprint density at radius 3 is 2.72 bits per heavy atom. The minimum absolute atomic E-state index is 0.112. The van der Waals surface area contributed by atoms with Crippen LogP contribution in [0.1, 0.15) is 42.8 Å². The number of benzene rings is 1. The van der Waals surface area contributed by atoms with E-state index >= 15 is 4.39 Å². The SMILES string of the molecule is Cc1nc2c(-c3ccc(Cl)cc3F)nc(N3CCO[C@H](c4cnn(C)c4)C3)cc2c(=O)n1C1CCC1. The second kappa shape index (κ2) is 8.97. The van der Waals surface area contributed by atoms with E-state index in [1.54, 1.807) is 33.6 Å². The fourth-order valence-corrected chi connectivity index (χ4v) is 5.22. The first kappa shape index (κ1) is 23.1. The molecule has 4 aromatic rings. The van der Waals surface area contributed by atoms with E-state index in [4.69, 9.17) is 26.3 Å². The first-order chi connectivity index (χ1) is 17.4.